The lowest BCUT2D eigenvalue weighted by Gasteiger charge is -2.29. The zero-order valence-corrected chi connectivity index (χ0v) is 18.8. The molecule has 166 valence electrons. The van der Waals surface area contributed by atoms with Crippen LogP contribution < -0.4 is 14.8 Å². The number of carbonyl (C=O) groups is 2. The van der Waals surface area contributed by atoms with Crippen LogP contribution in [0.4, 0.5) is 0 Å². The van der Waals surface area contributed by atoms with Gasteiger partial charge in [-0.2, -0.15) is 0 Å². The zero-order chi connectivity index (χ0) is 22.4. The predicted octanol–water partition coefficient (Wildman–Crippen LogP) is 3.85. The van der Waals surface area contributed by atoms with Crippen molar-refractivity contribution in [3.8, 4) is 11.5 Å². The van der Waals surface area contributed by atoms with E-state index < -0.39 is 6.04 Å². The molecular formula is C25H32N2O4. The number of aryl methyl sites for hydroxylation is 2. The van der Waals surface area contributed by atoms with Crippen LogP contribution in [0.5, 0.6) is 11.5 Å². The summed E-state index contributed by atoms with van der Waals surface area (Å²) >= 11 is 0. The third kappa shape index (κ3) is 6.00. The predicted molar refractivity (Wildman–Crippen MR) is 120 cm³/mol. The summed E-state index contributed by atoms with van der Waals surface area (Å²) in [5, 5.41) is 2.96. The van der Waals surface area contributed by atoms with Crippen LogP contribution in [0.1, 0.15) is 43.9 Å². The summed E-state index contributed by atoms with van der Waals surface area (Å²) in [6.45, 7) is 9.14. The Morgan fingerprint density at radius 2 is 1.81 bits per heavy atom. The van der Waals surface area contributed by atoms with E-state index in [1.165, 1.54) is 0 Å². The normalized spacial score (nSPS) is 13.2. The summed E-state index contributed by atoms with van der Waals surface area (Å²) in [5.74, 6) is 1.62. The standard InChI is InChI=1S/C25H32N2O4/c1-17(2)14-26-25(29)19(4)27(15-21-8-6-5-7-18(21)3)24(28)12-10-20-9-11-22-23(13-20)31-16-30-22/h5-9,11,13,17,19H,10,12,14-16H2,1-4H3,(H,26,29). The molecule has 0 saturated heterocycles. The van der Waals surface area contributed by atoms with Gasteiger partial charge in [0.2, 0.25) is 18.6 Å². The average Bonchev–Trinajstić information content (AvgIpc) is 3.22. The van der Waals surface area contributed by atoms with E-state index in [1.807, 2.05) is 63.2 Å². The van der Waals surface area contributed by atoms with Gasteiger partial charge in [-0.3, -0.25) is 9.59 Å². The second kappa shape index (κ2) is 10.3. The molecule has 6 nitrogen and oxygen atoms in total. The van der Waals surface area contributed by atoms with Crippen LogP contribution in [0, 0.1) is 12.8 Å². The van der Waals surface area contributed by atoms with Crippen molar-refractivity contribution < 1.29 is 19.1 Å². The van der Waals surface area contributed by atoms with Crippen LogP contribution in [0.15, 0.2) is 42.5 Å². The molecule has 2 amide bonds. The van der Waals surface area contributed by atoms with Gasteiger partial charge in [-0.15, -0.1) is 0 Å². The number of amides is 2. The smallest absolute Gasteiger partial charge is 0.242 e. The van der Waals surface area contributed by atoms with E-state index in [9.17, 15) is 9.59 Å². The van der Waals surface area contributed by atoms with Gasteiger partial charge in [0.25, 0.3) is 0 Å². The van der Waals surface area contributed by atoms with E-state index in [0.29, 0.717) is 37.6 Å². The highest BCUT2D eigenvalue weighted by molar-refractivity contribution is 5.87. The average molecular weight is 425 g/mol. The summed E-state index contributed by atoms with van der Waals surface area (Å²) in [7, 11) is 0. The lowest BCUT2D eigenvalue weighted by Crippen LogP contribution is -2.48. The molecule has 0 fully saturated rings. The summed E-state index contributed by atoms with van der Waals surface area (Å²) in [5.41, 5.74) is 3.15. The van der Waals surface area contributed by atoms with Gasteiger partial charge in [-0.25, -0.2) is 0 Å². The van der Waals surface area contributed by atoms with Crippen molar-refractivity contribution in [3.05, 3.63) is 59.2 Å². The molecule has 6 heteroatoms. The Labute approximate surface area is 184 Å². The number of benzene rings is 2. The molecule has 1 aliphatic rings. The molecule has 31 heavy (non-hydrogen) atoms. The number of hydrogen-bond donors (Lipinski definition) is 1. The second-order valence-electron chi connectivity index (χ2n) is 8.45. The van der Waals surface area contributed by atoms with Gasteiger partial charge >= 0.3 is 0 Å². The SMILES string of the molecule is Cc1ccccc1CN(C(=O)CCc1ccc2c(c1)OCO2)C(C)C(=O)NCC(C)C. The first-order valence-electron chi connectivity index (χ1n) is 10.9. The first kappa shape index (κ1) is 22.7. The fourth-order valence-corrected chi connectivity index (χ4v) is 3.50. The highest BCUT2D eigenvalue weighted by Crippen LogP contribution is 2.32. The van der Waals surface area contributed by atoms with Crippen molar-refractivity contribution >= 4 is 11.8 Å². The Bertz CT molecular complexity index is 925. The second-order valence-corrected chi connectivity index (χ2v) is 8.45. The van der Waals surface area contributed by atoms with Crippen molar-refractivity contribution in [2.45, 2.75) is 53.1 Å². The van der Waals surface area contributed by atoms with Gasteiger partial charge < -0.3 is 19.7 Å². The molecule has 0 bridgehead atoms. The Morgan fingerprint density at radius 1 is 1.06 bits per heavy atom. The number of fused-ring (bicyclic) bond motifs is 1. The van der Waals surface area contributed by atoms with Gasteiger partial charge in [-0.05, 0) is 55.0 Å². The van der Waals surface area contributed by atoms with Crippen LogP contribution in [0.25, 0.3) is 0 Å². The number of ether oxygens (including phenoxy) is 2. The molecule has 3 rings (SSSR count). The highest BCUT2D eigenvalue weighted by atomic mass is 16.7. The van der Waals surface area contributed by atoms with Gasteiger partial charge in [-0.1, -0.05) is 44.2 Å². The summed E-state index contributed by atoms with van der Waals surface area (Å²) in [6, 6.07) is 13.1. The molecule has 0 radical (unpaired) electrons. The third-order valence-corrected chi connectivity index (χ3v) is 5.52. The minimum Gasteiger partial charge on any atom is -0.454 e. The van der Waals surface area contributed by atoms with Crippen LogP contribution in [-0.2, 0) is 22.6 Å². The van der Waals surface area contributed by atoms with Gasteiger partial charge in [0, 0.05) is 19.5 Å². The van der Waals surface area contributed by atoms with E-state index in [2.05, 4.69) is 5.32 Å². The zero-order valence-electron chi connectivity index (χ0n) is 18.8. The molecule has 0 aromatic heterocycles. The van der Waals surface area contributed by atoms with E-state index in [1.54, 1.807) is 11.8 Å². The lowest BCUT2D eigenvalue weighted by molar-refractivity contribution is -0.140. The largest absolute Gasteiger partial charge is 0.454 e. The molecule has 0 spiro atoms. The van der Waals surface area contributed by atoms with Crippen molar-refractivity contribution in [3.63, 3.8) is 0 Å². The first-order chi connectivity index (χ1) is 14.8. The van der Waals surface area contributed by atoms with E-state index in [0.717, 1.165) is 22.4 Å². The minimum absolute atomic E-state index is 0.0480. The molecular weight excluding hydrogens is 392 g/mol. The van der Waals surface area contributed by atoms with E-state index in [4.69, 9.17) is 9.47 Å². The third-order valence-electron chi connectivity index (χ3n) is 5.52. The van der Waals surface area contributed by atoms with E-state index >= 15 is 0 Å². The maximum absolute atomic E-state index is 13.2. The van der Waals surface area contributed by atoms with Crippen LogP contribution in [-0.4, -0.2) is 36.1 Å². The number of nitrogens with one attached hydrogen (secondary N) is 1. The minimum atomic E-state index is -0.553. The maximum atomic E-state index is 13.2. The Hall–Kier alpha value is -3.02. The van der Waals surface area contributed by atoms with Crippen LogP contribution in [0.3, 0.4) is 0 Å². The molecule has 1 N–H and O–H groups in total. The molecule has 2 aromatic rings. The maximum Gasteiger partial charge on any atom is 0.242 e. The molecule has 0 aliphatic carbocycles. The van der Waals surface area contributed by atoms with Crippen molar-refractivity contribution in [2.24, 2.45) is 5.92 Å². The topological polar surface area (TPSA) is 67.9 Å². The molecule has 1 heterocycles. The summed E-state index contributed by atoms with van der Waals surface area (Å²) in [6.07, 6.45) is 0.882. The van der Waals surface area contributed by atoms with Gasteiger partial charge in [0.1, 0.15) is 6.04 Å². The number of hydrogen-bond acceptors (Lipinski definition) is 4. The molecule has 1 atom stereocenters. The lowest BCUT2D eigenvalue weighted by atomic mass is 10.1. The Balaban J connectivity index is 1.71. The molecule has 0 saturated carbocycles. The number of nitrogens with zero attached hydrogens (tertiary/aromatic N) is 1. The van der Waals surface area contributed by atoms with Crippen LogP contribution >= 0.6 is 0 Å². The fraction of sp³-hybridized carbons (Fsp3) is 0.440. The van der Waals surface area contributed by atoms with Crippen molar-refractivity contribution in [1.82, 2.24) is 10.2 Å². The van der Waals surface area contributed by atoms with E-state index in [-0.39, 0.29) is 18.6 Å². The van der Waals surface area contributed by atoms with Gasteiger partial charge in [0.15, 0.2) is 11.5 Å². The Morgan fingerprint density at radius 3 is 2.55 bits per heavy atom. The van der Waals surface area contributed by atoms with Crippen LogP contribution in [0.2, 0.25) is 0 Å². The van der Waals surface area contributed by atoms with Crippen molar-refractivity contribution in [2.75, 3.05) is 13.3 Å². The fourth-order valence-electron chi connectivity index (χ4n) is 3.50. The monoisotopic (exact) mass is 424 g/mol. The van der Waals surface area contributed by atoms with Crippen molar-refractivity contribution in [1.29, 1.82) is 0 Å². The Kier molecular flexibility index (Phi) is 7.55. The quantitative estimate of drug-likeness (QED) is 0.664. The number of rotatable bonds is 9. The molecule has 1 unspecified atom stereocenters. The summed E-state index contributed by atoms with van der Waals surface area (Å²) in [4.78, 5) is 27.7. The number of carbonyl (C=O) groups excluding carboxylic acids is 2. The van der Waals surface area contributed by atoms with Gasteiger partial charge in [0.05, 0.1) is 0 Å². The first-order valence-corrected chi connectivity index (χ1v) is 10.9. The highest BCUT2D eigenvalue weighted by Gasteiger charge is 2.26. The molecule has 2 aromatic carbocycles. The summed E-state index contributed by atoms with van der Waals surface area (Å²) < 4.78 is 10.8. The molecule has 1 aliphatic heterocycles.